The Morgan fingerprint density at radius 3 is 2.79 bits per heavy atom. The summed E-state index contributed by atoms with van der Waals surface area (Å²) < 4.78 is 4.76. The number of ether oxygens (including phenoxy) is 1. The maximum Gasteiger partial charge on any atom is 0.356 e. The van der Waals surface area contributed by atoms with Gasteiger partial charge in [-0.3, -0.25) is 0 Å². The molecule has 0 bridgehead atoms. The lowest BCUT2D eigenvalue weighted by atomic mass is 10.1. The van der Waals surface area contributed by atoms with E-state index in [9.17, 15) is 9.90 Å². The number of esters is 1. The number of carbonyl (C=O) groups excluding carboxylic acids is 1. The zero-order valence-corrected chi connectivity index (χ0v) is 8.50. The second-order valence-electron chi connectivity index (χ2n) is 3.42. The highest BCUT2D eigenvalue weighted by Crippen LogP contribution is 2.15. The monoisotopic (exact) mass is 198 g/mol. The highest BCUT2D eigenvalue weighted by Gasteiger charge is 2.21. The van der Waals surface area contributed by atoms with Crippen LogP contribution in [0.5, 0.6) is 0 Å². The molecular weight excluding hydrogens is 184 g/mol. The first-order valence-electron chi connectivity index (χ1n) is 4.40. The Kier molecular flexibility index (Phi) is 2.90. The van der Waals surface area contributed by atoms with Crippen molar-refractivity contribution in [3.63, 3.8) is 0 Å². The zero-order valence-electron chi connectivity index (χ0n) is 8.50. The Morgan fingerprint density at radius 2 is 2.36 bits per heavy atom. The number of nitrogens with one attached hydrogen (secondary N) is 1. The van der Waals surface area contributed by atoms with Gasteiger partial charge in [0.05, 0.1) is 12.8 Å². The lowest BCUT2D eigenvalue weighted by molar-refractivity contribution is 0.0516. The molecule has 0 fully saturated rings. The molecule has 5 heteroatoms. The molecule has 0 aromatic carbocycles. The summed E-state index contributed by atoms with van der Waals surface area (Å²) in [5.74, 6) is -0.115. The predicted molar refractivity (Wildman–Crippen MR) is 49.8 cm³/mol. The number of imidazole rings is 1. The molecule has 1 aromatic rings. The first-order valence-corrected chi connectivity index (χ1v) is 4.40. The van der Waals surface area contributed by atoms with E-state index < -0.39 is 11.6 Å². The molecule has 0 aliphatic heterocycles. The molecule has 0 aliphatic rings. The van der Waals surface area contributed by atoms with E-state index in [1.807, 2.05) is 0 Å². The smallest absolute Gasteiger partial charge is 0.356 e. The van der Waals surface area contributed by atoms with E-state index >= 15 is 0 Å². The van der Waals surface area contributed by atoms with Gasteiger partial charge in [-0.25, -0.2) is 9.78 Å². The Morgan fingerprint density at radius 1 is 1.71 bits per heavy atom. The molecule has 0 unspecified atom stereocenters. The van der Waals surface area contributed by atoms with Crippen molar-refractivity contribution in [2.24, 2.45) is 0 Å². The third-order valence-corrected chi connectivity index (χ3v) is 1.65. The van der Waals surface area contributed by atoms with Gasteiger partial charge in [-0.1, -0.05) is 0 Å². The summed E-state index contributed by atoms with van der Waals surface area (Å²) in [6.45, 7) is 5.21. The summed E-state index contributed by atoms with van der Waals surface area (Å²) in [7, 11) is 0. The van der Waals surface area contributed by atoms with Gasteiger partial charge in [0.2, 0.25) is 0 Å². The van der Waals surface area contributed by atoms with Crippen LogP contribution in [0, 0.1) is 0 Å². The molecule has 0 saturated carbocycles. The van der Waals surface area contributed by atoms with E-state index in [4.69, 9.17) is 4.74 Å². The molecule has 1 rings (SSSR count). The molecule has 0 radical (unpaired) electrons. The van der Waals surface area contributed by atoms with Crippen LogP contribution in [-0.2, 0) is 10.3 Å². The van der Waals surface area contributed by atoms with Crippen LogP contribution < -0.4 is 0 Å². The molecular formula is C9H14N2O3. The molecule has 1 aromatic heterocycles. The van der Waals surface area contributed by atoms with Crippen LogP contribution in [0.1, 0.15) is 37.1 Å². The molecule has 1 heterocycles. The van der Waals surface area contributed by atoms with Crippen molar-refractivity contribution in [2.45, 2.75) is 26.4 Å². The molecule has 0 spiro atoms. The van der Waals surface area contributed by atoms with Gasteiger partial charge in [0.1, 0.15) is 17.1 Å². The minimum Gasteiger partial charge on any atom is -0.461 e. The average Bonchev–Trinajstić information content (AvgIpc) is 2.51. The van der Waals surface area contributed by atoms with Gasteiger partial charge >= 0.3 is 5.97 Å². The molecule has 0 atom stereocenters. The number of hydrogen-bond acceptors (Lipinski definition) is 4. The van der Waals surface area contributed by atoms with Gasteiger partial charge in [-0.2, -0.15) is 0 Å². The van der Waals surface area contributed by atoms with Crippen LogP contribution in [0.25, 0.3) is 0 Å². The third kappa shape index (κ3) is 2.32. The average molecular weight is 198 g/mol. The first kappa shape index (κ1) is 10.7. The van der Waals surface area contributed by atoms with E-state index in [0.717, 1.165) is 0 Å². The van der Waals surface area contributed by atoms with Gasteiger partial charge in [-0.15, -0.1) is 0 Å². The molecule has 5 nitrogen and oxygen atoms in total. The minimum absolute atomic E-state index is 0.254. The maximum absolute atomic E-state index is 11.2. The van der Waals surface area contributed by atoms with Gasteiger partial charge in [0.25, 0.3) is 0 Å². The summed E-state index contributed by atoms with van der Waals surface area (Å²) >= 11 is 0. The molecule has 78 valence electrons. The van der Waals surface area contributed by atoms with Crippen LogP contribution in [0.2, 0.25) is 0 Å². The number of hydrogen-bond donors (Lipinski definition) is 2. The van der Waals surface area contributed by atoms with Crippen LogP contribution in [0.3, 0.4) is 0 Å². The number of rotatable bonds is 3. The summed E-state index contributed by atoms with van der Waals surface area (Å²) in [4.78, 5) is 17.8. The first-order chi connectivity index (χ1) is 6.45. The Labute approximate surface area is 82.1 Å². The molecule has 2 N–H and O–H groups in total. The van der Waals surface area contributed by atoms with Gasteiger partial charge in [0, 0.05) is 0 Å². The van der Waals surface area contributed by atoms with Crippen molar-refractivity contribution in [3.8, 4) is 0 Å². The standard InChI is InChI=1S/C9H14N2O3/c1-4-14-7(12)6-5-10-8(11-6)9(2,3)13/h5,13H,4H2,1-3H3,(H,10,11). The fraction of sp³-hybridized carbons (Fsp3) is 0.556. The van der Waals surface area contributed by atoms with E-state index in [1.165, 1.54) is 6.20 Å². The number of nitrogens with zero attached hydrogens (tertiary/aromatic N) is 1. The van der Waals surface area contributed by atoms with Crippen molar-refractivity contribution < 1.29 is 14.6 Å². The molecule has 0 amide bonds. The third-order valence-electron chi connectivity index (χ3n) is 1.65. The fourth-order valence-electron chi connectivity index (χ4n) is 0.945. The summed E-state index contributed by atoms with van der Waals surface area (Å²) in [6, 6.07) is 0. The summed E-state index contributed by atoms with van der Waals surface area (Å²) in [5.41, 5.74) is -0.825. The maximum atomic E-state index is 11.2. The van der Waals surface area contributed by atoms with Crippen LogP contribution >= 0.6 is 0 Å². The number of carbonyl (C=O) groups is 1. The highest BCUT2D eigenvalue weighted by atomic mass is 16.5. The van der Waals surface area contributed by atoms with E-state index in [0.29, 0.717) is 12.4 Å². The van der Waals surface area contributed by atoms with Crippen LogP contribution in [0.15, 0.2) is 6.20 Å². The lowest BCUT2D eigenvalue weighted by Gasteiger charge is -2.12. The molecule has 0 saturated heterocycles. The quantitative estimate of drug-likeness (QED) is 0.705. The van der Waals surface area contributed by atoms with Crippen LogP contribution in [0.4, 0.5) is 0 Å². The van der Waals surface area contributed by atoms with Crippen LogP contribution in [-0.4, -0.2) is 27.7 Å². The topological polar surface area (TPSA) is 75.2 Å². The largest absolute Gasteiger partial charge is 0.461 e. The minimum atomic E-state index is -1.08. The summed E-state index contributed by atoms with van der Waals surface area (Å²) in [5, 5.41) is 9.57. The van der Waals surface area contributed by atoms with Crippen molar-refractivity contribution in [2.75, 3.05) is 6.61 Å². The Hall–Kier alpha value is -1.36. The van der Waals surface area contributed by atoms with Gasteiger partial charge in [0.15, 0.2) is 0 Å². The Bertz CT molecular complexity index is 325. The molecule has 0 aliphatic carbocycles. The van der Waals surface area contributed by atoms with Crippen molar-refractivity contribution in [1.29, 1.82) is 0 Å². The second-order valence-corrected chi connectivity index (χ2v) is 3.42. The lowest BCUT2D eigenvalue weighted by Crippen LogP contribution is -2.18. The van der Waals surface area contributed by atoms with Crippen molar-refractivity contribution in [1.82, 2.24) is 9.97 Å². The van der Waals surface area contributed by atoms with E-state index in [1.54, 1.807) is 20.8 Å². The van der Waals surface area contributed by atoms with Gasteiger partial charge in [-0.05, 0) is 20.8 Å². The number of aromatic amines is 1. The predicted octanol–water partition coefficient (Wildman–Crippen LogP) is 0.814. The normalized spacial score (nSPS) is 11.4. The highest BCUT2D eigenvalue weighted by molar-refractivity contribution is 5.86. The zero-order chi connectivity index (χ0) is 10.8. The number of aromatic nitrogens is 2. The Balaban J connectivity index is 2.83. The van der Waals surface area contributed by atoms with Crippen molar-refractivity contribution >= 4 is 5.97 Å². The van der Waals surface area contributed by atoms with Gasteiger partial charge < -0.3 is 14.8 Å². The fourth-order valence-corrected chi connectivity index (χ4v) is 0.945. The van der Waals surface area contributed by atoms with E-state index in [2.05, 4.69) is 9.97 Å². The SMILES string of the molecule is CCOC(=O)c1cnc(C(C)(C)O)[nH]1. The second kappa shape index (κ2) is 3.79. The van der Waals surface area contributed by atoms with Crippen molar-refractivity contribution in [3.05, 3.63) is 17.7 Å². The van der Waals surface area contributed by atoms with E-state index in [-0.39, 0.29) is 5.69 Å². The molecule has 14 heavy (non-hydrogen) atoms. The number of aliphatic hydroxyl groups is 1. The summed E-state index contributed by atoms with van der Waals surface area (Å²) in [6.07, 6.45) is 1.35. The number of H-pyrrole nitrogens is 1.